The van der Waals surface area contributed by atoms with Crippen molar-refractivity contribution in [3.63, 3.8) is 0 Å². The maximum Gasteiger partial charge on any atom is 0.270 e. The molecule has 1 amide bonds. The number of fused-ring (bicyclic) bond motifs is 3. The van der Waals surface area contributed by atoms with Crippen molar-refractivity contribution in [1.29, 1.82) is 0 Å². The van der Waals surface area contributed by atoms with Crippen LogP contribution < -0.4 is 11.0 Å². The Morgan fingerprint density at radius 3 is 2.81 bits per heavy atom. The fraction of sp³-hybridized carbons (Fsp3) is 0.200. The Bertz CT molecular complexity index is 1600. The van der Waals surface area contributed by atoms with E-state index in [2.05, 4.69) is 10.5 Å². The van der Waals surface area contributed by atoms with Crippen LogP contribution in [0.1, 0.15) is 28.8 Å². The van der Waals surface area contributed by atoms with Crippen LogP contribution in [-0.2, 0) is 17.6 Å². The Labute approximate surface area is 224 Å². The summed E-state index contributed by atoms with van der Waals surface area (Å²) in [5.41, 5.74) is 4.22. The monoisotopic (exact) mass is 553 g/mol. The molecule has 1 aliphatic carbocycles. The van der Waals surface area contributed by atoms with Gasteiger partial charge in [-0.05, 0) is 49.4 Å². The van der Waals surface area contributed by atoms with Crippen molar-refractivity contribution < 1.29 is 9.72 Å². The Balaban J connectivity index is 1.39. The average molecular weight is 554 g/mol. The highest BCUT2D eigenvalue weighted by atomic mass is 35.5. The van der Waals surface area contributed by atoms with Crippen LogP contribution in [0.5, 0.6) is 0 Å². The van der Waals surface area contributed by atoms with Gasteiger partial charge < -0.3 is 0 Å². The Kier molecular flexibility index (Phi) is 7.36. The number of nitro groups is 1. The number of aromatic nitrogens is 2. The highest BCUT2D eigenvalue weighted by molar-refractivity contribution is 7.99. The van der Waals surface area contributed by atoms with E-state index in [-0.39, 0.29) is 22.0 Å². The van der Waals surface area contributed by atoms with Gasteiger partial charge in [-0.2, -0.15) is 5.10 Å². The normalized spacial score (nSPS) is 13.1. The number of nitrogens with zero attached hydrogens (tertiary/aromatic N) is 4. The number of amides is 1. The van der Waals surface area contributed by atoms with Gasteiger partial charge in [-0.25, -0.2) is 10.4 Å². The third kappa shape index (κ3) is 5.29. The molecule has 2 aromatic heterocycles. The van der Waals surface area contributed by atoms with Crippen molar-refractivity contribution in [3.8, 4) is 5.69 Å². The molecule has 9 nitrogen and oxygen atoms in total. The summed E-state index contributed by atoms with van der Waals surface area (Å²) in [4.78, 5) is 43.4. The molecule has 0 aliphatic heterocycles. The highest BCUT2D eigenvalue weighted by Crippen LogP contribution is 2.35. The molecule has 12 heteroatoms. The first-order chi connectivity index (χ1) is 17.9. The number of hydrazone groups is 1. The molecule has 0 spiro atoms. The van der Waals surface area contributed by atoms with E-state index in [0.29, 0.717) is 26.6 Å². The molecule has 2 aromatic carbocycles. The molecule has 1 N–H and O–H groups in total. The van der Waals surface area contributed by atoms with Crippen LogP contribution >= 0.6 is 34.7 Å². The first-order valence-corrected chi connectivity index (χ1v) is 13.6. The van der Waals surface area contributed by atoms with Gasteiger partial charge in [0.25, 0.3) is 17.2 Å². The molecular formula is C25H20ClN5O4S2. The highest BCUT2D eigenvalue weighted by Gasteiger charge is 2.23. The number of thioether (sulfide) groups is 1. The lowest BCUT2D eigenvalue weighted by molar-refractivity contribution is -0.384. The van der Waals surface area contributed by atoms with E-state index in [0.717, 1.165) is 43.0 Å². The van der Waals surface area contributed by atoms with Crippen molar-refractivity contribution in [2.24, 2.45) is 5.10 Å². The Morgan fingerprint density at radius 1 is 1.24 bits per heavy atom. The van der Waals surface area contributed by atoms with Gasteiger partial charge in [0, 0.05) is 27.6 Å². The molecule has 37 heavy (non-hydrogen) atoms. The van der Waals surface area contributed by atoms with Gasteiger partial charge in [-0.3, -0.25) is 24.3 Å². The SMILES string of the molecule is O=C(CSc1nc2sc3c(c2c(=O)n1-c1ccccc1)CCCC3)N/N=C/c1cc([N+](=O)[O-])ccc1Cl. The fourth-order valence-corrected chi connectivity index (χ4v) is 6.44. The van der Waals surface area contributed by atoms with Crippen LogP contribution in [0.4, 0.5) is 5.69 Å². The fourth-order valence-electron chi connectivity index (χ4n) is 4.17. The molecule has 0 saturated carbocycles. The minimum absolute atomic E-state index is 0.0458. The summed E-state index contributed by atoms with van der Waals surface area (Å²) >= 11 is 8.76. The lowest BCUT2D eigenvalue weighted by Gasteiger charge is -2.13. The van der Waals surface area contributed by atoms with Gasteiger partial charge in [0.1, 0.15) is 4.83 Å². The van der Waals surface area contributed by atoms with E-state index in [9.17, 15) is 19.7 Å². The van der Waals surface area contributed by atoms with Gasteiger partial charge >= 0.3 is 0 Å². The van der Waals surface area contributed by atoms with E-state index >= 15 is 0 Å². The summed E-state index contributed by atoms with van der Waals surface area (Å²) in [6.45, 7) is 0. The lowest BCUT2D eigenvalue weighted by Crippen LogP contribution is -2.24. The van der Waals surface area contributed by atoms with E-state index in [1.165, 1.54) is 29.3 Å². The molecule has 2 heterocycles. The standard InChI is InChI=1S/C25H20ClN5O4S2/c26-19-11-10-17(31(34)35)12-15(19)13-27-29-21(32)14-36-25-28-23-22(18-8-4-5-9-20(18)37-23)24(33)30(25)16-6-2-1-3-7-16/h1-3,6-7,10-13H,4-5,8-9,14H2,(H,29,32)/b27-13+. The molecule has 0 fully saturated rings. The van der Waals surface area contributed by atoms with Crippen molar-refractivity contribution in [1.82, 2.24) is 15.0 Å². The number of halogens is 1. The molecule has 188 valence electrons. The summed E-state index contributed by atoms with van der Waals surface area (Å²) in [5, 5.41) is 16.2. The van der Waals surface area contributed by atoms with Crippen molar-refractivity contribution in [2.75, 3.05) is 5.75 Å². The van der Waals surface area contributed by atoms with E-state index in [4.69, 9.17) is 16.6 Å². The van der Waals surface area contributed by atoms with Gasteiger partial charge in [0.05, 0.1) is 28.0 Å². The van der Waals surface area contributed by atoms with Crippen LogP contribution in [-0.4, -0.2) is 32.3 Å². The van der Waals surface area contributed by atoms with Crippen LogP contribution in [0.25, 0.3) is 15.9 Å². The molecule has 5 rings (SSSR count). The molecule has 0 radical (unpaired) electrons. The quantitative estimate of drug-likeness (QED) is 0.111. The zero-order chi connectivity index (χ0) is 25.9. The molecule has 0 unspecified atom stereocenters. The second kappa shape index (κ2) is 10.8. The number of hydrogen-bond acceptors (Lipinski definition) is 8. The van der Waals surface area contributed by atoms with Crippen molar-refractivity contribution in [3.05, 3.63) is 90.0 Å². The summed E-state index contributed by atoms with van der Waals surface area (Å²) in [6.07, 6.45) is 5.25. The number of hydrogen-bond donors (Lipinski definition) is 1. The second-order valence-corrected chi connectivity index (χ2v) is 10.7. The largest absolute Gasteiger partial charge is 0.272 e. The molecular weight excluding hydrogens is 534 g/mol. The zero-order valence-corrected chi connectivity index (χ0v) is 21.7. The van der Waals surface area contributed by atoms with Crippen LogP contribution in [0.15, 0.2) is 63.6 Å². The molecule has 4 aromatic rings. The summed E-state index contributed by atoms with van der Waals surface area (Å²) < 4.78 is 1.56. The number of aryl methyl sites for hydroxylation is 2. The number of carbonyl (C=O) groups excluding carboxylic acids is 1. The minimum Gasteiger partial charge on any atom is -0.272 e. The number of carbonyl (C=O) groups is 1. The third-order valence-corrected chi connectivity index (χ3v) is 8.36. The van der Waals surface area contributed by atoms with Crippen LogP contribution in [0.3, 0.4) is 0 Å². The average Bonchev–Trinajstić information content (AvgIpc) is 3.27. The van der Waals surface area contributed by atoms with Crippen molar-refractivity contribution in [2.45, 2.75) is 30.8 Å². The summed E-state index contributed by atoms with van der Waals surface area (Å²) in [6, 6.07) is 13.2. The van der Waals surface area contributed by atoms with Crippen molar-refractivity contribution >= 4 is 62.7 Å². The topological polar surface area (TPSA) is 119 Å². The van der Waals surface area contributed by atoms with E-state index in [1.807, 2.05) is 30.3 Å². The number of nitrogens with one attached hydrogen (secondary N) is 1. The summed E-state index contributed by atoms with van der Waals surface area (Å²) in [7, 11) is 0. The molecule has 0 atom stereocenters. The van der Waals surface area contributed by atoms with E-state index in [1.54, 1.807) is 15.9 Å². The number of benzene rings is 2. The van der Waals surface area contributed by atoms with Gasteiger partial charge in [-0.15, -0.1) is 11.3 Å². The van der Waals surface area contributed by atoms with Gasteiger partial charge in [0.2, 0.25) is 0 Å². The Morgan fingerprint density at radius 2 is 2.03 bits per heavy atom. The predicted molar refractivity (Wildman–Crippen MR) is 146 cm³/mol. The molecule has 0 saturated heterocycles. The predicted octanol–water partition coefficient (Wildman–Crippen LogP) is 5.13. The van der Waals surface area contributed by atoms with Gasteiger partial charge in [-0.1, -0.05) is 41.6 Å². The number of thiophene rings is 1. The van der Waals surface area contributed by atoms with E-state index < -0.39 is 10.8 Å². The smallest absolute Gasteiger partial charge is 0.270 e. The second-order valence-electron chi connectivity index (χ2n) is 8.31. The van der Waals surface area contributed by atoms with Crippen LogP contribution in [0.2, 0.25) is 5.02 Å². The first kappa shape index (κ1) is 25.1. The lowest BCUT2D eigenvalue weighted by atomic mass is 9.97. The molecule has 0 bridgehead atoms. The van der Waals surface area contributed by atoms with Crippen LogP contribution in [0, 0.1) is 10.1 Å². The Hall–Kier alpha value is -3.54. The molecule has 1 aliphatic rings. The number of non-ortho nitro benzene ring substituents is 1. The number of para-hydroxylation sites is 1. The number of rotatable bonds is 7. The minimum atomic E-state index is -0.539. The number of nitro benzene ring substituents is 1. The third-order valence-electron chi connectivity index (χ3n) is 5.89. The summed E-state index contributed by atoms with van der Waals surface area (Å²) in [5.74, 6) is -0.474. The zero-order valence-electron chi connectivity index (χ0n) is 19.3. The maximum absolute atomic E-state index is 13.7. The maximum atomic E-state index is 13.7. The van der Waals surface area contributed by atoms with Gasteiger partial charge in [0.15, 0.2) is 5.16 Å². The first-order valence-electron chi connectivity index (χ1n) is 11.4.